The van der Waals surface area contributed by atoms with Crippen LogP contribution >= 0.6 is 0 Å². The van der Waals surface area contributed by atoms with Crippen molar-refractivity contribution < 1.29 is 24.6 Å². The summed E-state index contributed by atoms with van der Waals surface area (Å²) in [6.07, 6.45) is 2.04. The number of carboxylic acids is 1. The Kier molecular flexibility index (Phi) is 6.42. The maximum atomic E-state index is 13.4. The van der Waals surface area contributed by atoms with Crippen molar-refractivity contribution in [1.29, 1.82) is 0 Å². The van der Waals surface area contributed by atoms with E-state index >= 15 is 0 Å². The molecule has 1 aromatic heterocycles. The zero-order chi connectivity index (χ0) is 24.4. The quantitative estimate of drug-likeness (QED) is 0.324. The van der Waals surface area contributed by atoms with Gasteiger partial charge in [0.1, 0.15) is 5.69 Å². The van der Waals surface area contributed by atoms with Crippen LogP contribution in [0, 0.1) is 0 Å². The monoisotopic (exact) mass is 465 g/mol. The molecule has 1 aliphatic carbocycles. The first-order valence-electron chi connectivity index (χ1n) is 11.0. The molecule has 0 radical (unpaired) electrons. The lowest BCUT2D eigenvalue weighted by molar-refractivity contribution is 0.0696. The highest BCUT2D eigenvalue weighted by molar-refractivity contribution is 6.09. The Morgan fingerprint density at radius 3 is 2.29 bits per heavy atom. The molecular weight excluding hydrogens is 438 g/mol. The highest BCUT2D eigenvalue weighted by Gasteiger charge is 2.26. The molecule has 4 rings (SSSR count). The molecule has 178 valence electrons. The van der Waals surface area contributed by atoms with Gasteiger partial charge < -0.3 is 31.6 Å². The second kappa shape index (κ2) is 9.44. The molecule has 1 fully saturated rings. The molecule has 3 aromatic rings. The molecule has 8 N–H and O–H groups in total. The molecule has 0 saturated heterocycles. The summed E-state index contributed by atoms with van der Waals surface area (Å²) >= 11 is 0. The number of benzene rings is 2. The van der Waals surface area contributed by atoms with Crippen molar-refractivity contribution in [2.24, 2.45) is 5.73 Å². The van der Waals surface area contributed by atoms with E-state index in [1.807, 2.05) is 0 Å². The zero-order valence-corrected chi connectivity index (χ0v) is 18.5. The summed E-state index contributed by atoms with van der Waals surface area (Å²) in [5.41, 5.74) is 14.8. The smallest absolute Gasteiger partial charge is 0.409 e. The average molecular weight is 466 g/mol. The summed E-state index contributed by atoms with van der Waals surface area (Å²) in [6, 6.07) is 11.4. The number of amides is 2. The number of nitrogens with one attached hydrogen (secondary N) is 2. The summed E-state index contributed by atoms with van der Waals surface area (Å²) in [5.74, 6) is -1.34. The van der Waals surface area contributed by atoms with Gasteiger partial charge in [-0.25, -0.2) is 9.59 Å². The van der Waals surface area contributed by atoms with Crippen molar-refractivity contribution in [1.82, 2.24) is 9.88 Å². The molecule has 1 heterocycles. The van der Waals surface area contributed by atoms with E-state index in [1.54, 1.807) is 34.9 Å². The fraction of sp³-hybridized carbons (Fsp3) is 0.292. The number of nitrogens with zero attached hydrogens (tertiary/aromatic N) is 1. The molecule has 0 unspecified atom stereocenters. The van der Waals surface area contributed by atoms with E-state index in [2.05, 4.69) is 10.6 Å². The molecule has 0 atom stereocenters. The van der Waals surface area contributed by atoms with Gasteiger partial charge in [-0.05, 0) is 61.6 Å². The Balaban J connectivity index is 1.74. The maximum Gasteiger partial charge on any atom is 0.409 e. The van der Waals surface area contributed by atoms with Gasteiger partial charge >= 0.3 is 12.1 Å². The number of nitrogens with two attached hydrogens (primary N) is 2. The van der Waals surface area contributed by atoms with Crippen LogP contribution in [0.5, 0.6) is 0 Å². The third kappa shape index (κ3) is 4.81. The van der Waals surface area contributed by atoms with Crippen LogP contribution < -0.4 is 22.1 Å². The van der Waals surface area contributed by atoms with E-state index in [1.165, 1.54) is 12.1 Å². The summed E-state index contributed by atoms with van der Waals surface area (Å²) in [4.78, 5) is 35.7. The van der Waals surface area contributed by atoms with Gasteiger partial charge in [-0.15, -0.1) is 0 Å². The molecule has 10 heteroatoms. The first kappa shape index (κ1) is 23.1. The van der Waals surface area contributed by atoms with E-state index in [0.29, 0.717) is 22.3 Å². The van der Waals surface area contributed by atoms with Crippen LogP contribution in [0.2, 0.25) is 0 Å². The summed E-state index contributed by atoms with van der Waals surface area (Å²) in [7, 11) is 0. The molecule has 2 amide bonds. The third-order valence-electron chi connectivity index (χ3n) is 6.22. The lowest BCUT2D eigenvalue weighted by Gasteiger charge is -2.27. The first-order chi connectivity index (χ1) is 16.2. The van der Waals surface area contributed by atoms with Crippen molar-refractivity contribution in [3.63, 3.8) is 0 Å². The molecule has 1 saturated carbocycles. The molecular formula is C24H27N5O5. The lowest BCUT2D eigenvalue weighted by atomic mass is 9.92. The maximum absolute atomic E-state index is 13.4. The minimum atomic E-state index is -1.21. The summed E-state index contributed by atoms with van der Waals surface area (Å²) < 4.78 is 1.73. The molecule has 0 bridgehead atoms. The number of hydrogen-bond donors (Lipinski definition) is 6. The van der Waals surface area contributed by atoms with Crippen LogP contribution in [0.4, 0.5) is 16.2 Å². The number of carbonyl (C=O) groups excluding carboxylic acids is 1. The Hall–Kier alpha value is -4.05. The largest absolute Gasteiger partial charge is 0.478 e. The van der Waals surface area contributed by atoms with Crippen molar-refractivity contribution in [3.8, 4) is 0 Å². The average Bonchev–Trinajstić information content (AvgIpc) is 3.06. The number of anilines is 2. The Morgan fingerprint density at radius 2 is 1.68 bits per heavy atom. The molecule has 10 nitrogen and oxygen atoms in total. The highest BCUT2D eigenvalue weighted by Crippen LogP contribution is 2.32. The van der Waals surface area contributed by atoms with Crippen LogP contribution in [0.25, 0.3) is 10.9 Å². The lowest BCUT2D eigenvalue weighted by Crippen LogP contribution is -2.41. The standard InChI is InChI=1S/C24H27N5O5/c25-15-5-7-16(8-6-15)27-22(30)21-20(26)18-10-9-17(28-24(33)34)11-19(18)29(21)12-13-1-3-14(4-2-13)23(31)32/h1-4,9-11,15-16,28H,5-8,12,25-26H2,(H,27,30)(H,31,32)(H,33,34). The molecule has 1 aliphatic rings. The second-order valence-corrected chi connectivity index (χ2v) is 8.60. The number of aromatic nitrogens is 1. The van der Waals surface area contributed by atoms with E-state index in [-0.39, 0.29) is 35.8 Å². The molecule has 34 heavy (non-hydrogen) atoms. The van der Waals surface area contributed by atoms with E-state index in [4.69, 9.17) is 21.7 Å². The Morgan fingerprint density at radius 1 is 1.00 bits per heavy atom. The first-order valence-corrected chi connectivity index (χ1v) is 11.0. The predicted molar refractivity (Wildman–Crippen MR) is 128 cm³/mol. The van der Waals surface area contributed by atoms with Crippen molar-refractivity contribution in [2.75, 3.05) is 11.1 Å². The topological polar surface area (TPSA) is 173 Å². The Labute approximate surface area is 195 Å². The zero-order valence-electron chi connectivity index (χ0n) is 18.5. The van der Waals surface area contributed by atoms with Gasteiger partial charge in [-0.1, -0.05) is 12.1 Å². The highest BCUT2D eigenvalue weighted by atomic mass is 16.4. The van der Waals surface area contributed by atoms with Gasteiger partial charge in [0.25, 0.3) is 5.91 Å². The summed E-state index contributed by atoms with van der Waals surface area (Å²) in [6.45, 7) is 0.239. The van der Waals surface area contributed by atoms with Gasteiger partial charge in [0.15, 0.2) is 0 Å². The fourth-order valence-corrected chi connectivity index (χ4v) is 4.44. The molecule has 0 aliphatic heterocycles. The number of nitrogen functional groups attached to an aromatic ring is 1. The fourth-order valence-electron chi connectivity index (χ4n) is 4.44. The van der Waals surface area contributed by atoms with Crippen LogP contribution in [-0.4, -0.2) is 44.8 Å². The minimum absolute atomic E-state index is 0.00255. The van der Waals surface area contributed by atoms with Gasteiger partial charge in [-0.3, -0.25) is 10.1 Å². The number of carbonyl (C=O) groups is 3. The summed E-state index contributed by atoms with van der Waals surface area (Å²) in [5, 5.41) is 24.3. The van der Waals surface area contributed by atoms with E-state index in [9.17, 15) is 14.4 Å². The predicted octanol–water partition coefficient (Wildman–Crippen LogP) is 3.06. The SMILES string of the molecule is Nc1c(C(=O)NC2CCC(N)CC2)n(Cc2ccc(C(=O)O)cc2)c2cc(NC(=O)O)ccc12. The van der Waals surface area contributed by atoms with E-state index in [0.717, 1.165) is 31.2 Å². The third-order valence-corrected chi connectivity index (χ3v) is 6.22. The van der Waals surface area contributed by atoms with Crippen molar-refractivity contribution >= 4 is 40.2 Å². The molecule has 0 spiro atoms. The van der Waals surface area contributed by atoms with Gasteiger partial charge in [0.2, 0.25) is 0 Å². The van der Waals surface area contributed by atoms with E-state index < -0.39 is 12.1 Å². The van der Waals surface area contributed by atoms with Crippen LogP contribution in [-0.2, 0) is 6.54 Å². The van der Waals surface area contributed by atoms with Crippen LogP contribution in [0.1, 0.15) is 52.1 Å². The number of rotatable bonds is 6. The van der Waals surface area contributed by atoms with Crippen molar-refractivity contribution in [3.05, 3.63) is 59.3 Å². The second-order valence-electron chi connectivity index (χ2n) is 8.60. The minimum Gasteiger partial charge on any atom is -0.478 e. The van der Waals surface area contributed by atoms with Gasteiger partial charge in [0.05, 0.1) is 16.8 Å². The van der Waals surface area contributed by atoms with Crippen molar-refractivity contribution in [2.45, 2.75) is 44.3 Å². The number of fused-ring (bicyclic) bond motifs is 1. The van der Waals surface area contributed by atoms with Gasteiger partial charge in [0, 0.05) is 29.7 Å². The van der Waals surface area contributed by atoms with Crippen LogP contribution in [0.15, 0.2) is 42.5 Å². The normalized spacial score (nSPS) is 17.9. The van der Waals surface area contributed by atoms with Gasteiger partial charge in [-0.2, -0.15) is 0 Å². The Bertz CT molecular complexity index is 1240. The molecule has 2 aromatic carbocycles. The number of carboxylic acid groups (broad SMARTS) is 2. The number of aromatic carboxylic acids is 1. The van der Waals surface area contributed by atoms with Crippen LogP contribution in [0.3, 0.4) is 0 Å². The number of hydrogen-bond acceptors (Lipinski definition) is 5.